The van der Waals surface area contributed by atoms with Crippen molar-refractivity contribution in [2.24, 2.45) is 0 Å². The Labute approximate surface area is 310 Å². The zero-order valence-electron chi connectivity index (χ0n) is 32.0. The van der Waals surface area contributed by atoms with Crippen molar-refractivity contribution in [3.8, 4) is 0 Å². The van der Waals surface area contributed by atoms with E-state index in [-0.39, 0.29) is 31.6 Å². The zero-order valence-corrected chi connectivity index (χ0v) is 32.0. The van der Waals surface area contributed by atoms with E-state index < -0.39 is 65.0 Å². The van der Waals surface area contributed by atoms with Crippen molar-refractivity contribution in [2.45, 2.75) is 110 Å². The molecule has 0 unspecified atom stereocenters. The van der Waals surface area contributed by atoms with Gasteiger partial charge in [-0.25, -0.2) is 24.2 Å². The monoisotopic (exact) mass is 738 g/mol. The summed E-state index contributed by atoms with van der Waals surface area (Å²) in [4.78, 5) is 86.6. The number of imide groups is 1. The number of esters is 1. The number of methoxy groups -OCH3 is 1. The van der Waals surface area contributed by atoms with Gasteiger partial charge in [-0.2, -0.15) is 4.90 Å². The molecule has 0 saturated carbocycles. The second-order valence-corrected chi connectivity index (χ2v) is 15.0. The fraction of sp³-hybridized carbons (Fsp3) is 0.514. The summed E-state index contributed by atoms with van der Waals surface area (Å²) in [5.41, 5.74) is -3.26. The number of carbonyl (C=O) groups excluding carboxylic acids is 6. The summed E-state index contributed by atoms with van der Waals surface area (Å²) in [6, 6.07) is 9.34. The Kier molecular flexibility index (Phi) is 14.9. The topological polar surface area (TPSA) is 196 Å². The van der Waals surface area contributed by atoms with Crippen LogP contribution in [-0.2, 0) is 46.3 Å². The molecule has 5 amide bonds. The minimum Gasteiger partial charge on any atom is -0.460 e. The van der Waals surface area contributed by atoms with Crippen LogP contribution in [0.3, 0.4) is 0 Å². The van der Waals surface area contributed by atoms with E-state index in [1.807, 2.05) is 0 Å². The maximum Gasteiger partial charge on any atom is 0.425 e. The quantitative estimate of drug-likeness (QED) is 0.141. The Morgan fingerprint density at radius 1 is 0.811 bits per heavy atom. The molecule has 2 aromatic rings. The number of carbonyl (C=O) groups is 6. The highest BCUT2D eigenvalue weighted by Gasteiger charge is 2.41. The number of amides is 5. The van der Waals surface area contributed by atoms with Gasteiger partial charge in [0, 0.05) is 25.6 Å². The summed E-state index contributed by atoms with van der Waals surface area (Å²) < 4.78 is 21.0. The second kappa shape index (κ2) is 18.2. The first-order chi connectivity index (χ1) is 24.5. The molecule has 3 N–H and O–H groups in total. The van der Waals surface area contributed by atoms with Gasteiger partial charge in [0.15, 0.2) is 5.69 Å². The summed E-state index contributed by atoms with van der Waals surface area (Å²) in [5.74, 6) is -2.17. The maximum atomic E-state index is 13.9. The van der Waals surface area contributed by atoms with E-state index >= 15 is 0 Å². The highest BCUT2D eigenvalue weighted by Crippen LogP contribution is 2.25. The number of ether oxygens (including phenoxy) is 4. The average Bonchev–Trinajstić information content (AvgIpc) is 3.03. The Morgan fingerprint density at radius 3 is 1.96 bits per heavy atom. The van der Waals surface area contributed by atoms with Crippen LogP contribution in [0, 0.1) is 6.57 Å². The summed E-state index contributed by atoms with van der Waals surface area (Å²) in [6.45, 7) is 21.6. The molecule has 288 valence electrons. The van der Waals surface area contributed by atoms with Crippen LogP contribution in [0.25, 0.3) is 4.85 Å². The van der Waals surface area contributed by atoms with Gasteiger partial charge in [-0.3, -0.25) is 14.4 Å². The van der Waals surface area contributed by atoms with Crippen LogP contribution in [0.15, 0.2) is 42.6 Å². The van der Waals surface area contributed by atoms with Gasteiger partial charge in [-0.05, 0) is 86.4 Å². The number of hydrogen-bond donors (Lipinski definition) is 3. The Hall–Kier alpha value is -5.72. The number of anilines is 1. The lowest BCUT2D eigenvalue weighted by atomic mass is 9.85. The molecule has 0 aliphatic heterocycles. The summed E-state index contributed by atoms with van der Waals surface area (Å²) in [6.07, 6.45) is -2.33. The van der Waals surface area contributed by atoms with Gasteiger partial charge >= 0.3 is 24.2 Å². The van der Waals surface area contributed by atoms with Crippen LogP contribution >= 0.6 is 0 Å². The second-order valence-electron chi connectivity index (χ2n) is 15.0. The van der Waals surface area contributed by atoms with E-state index in [0.29, 0.717) is 21.7 Å². The standard InChI is InChI=1S/C37H50N6O10/c1-34(2,3)51-29(45)15-17-37(42-31(47)50-11,21-24-13-12-14-26(19-24)38-10)30(46)41-23-28(44)40-22-25-16-18-39-27(20-25)43(32(48)52-35(4,5)6)33(49)53-36(7,8)9/h12-14,16,18-20H,15,17,21-23H2,1-9,11H3,(H,40,44)(H,41,46)(H,42,47)/t37-/m1/s1. The van der Waals surface area contributed by atoms with Crippen molar-refractivity contribution < 1.29 is 47.7 Å². The molecule has 0 aliphatic rings. The lowest BCUT2D eigenvalue weighted by molar-refractivity contribution is -0.155. The molecule has 16 nitrogen and oxygen atoms in total. The molecule has 1 aromatic carbocycles. The number of nitrogens with one attached hydrogen (secondary N) is 3. The largest absolute Gasteiger partial charge is 0.460 e. The van der Waals surface area contributed by atoms with Gasteiger partial charge in [-0.1, -0.05) is 29.8 Å². The van der Waals surface area contributed by atoms with Gasteiger partial charge in [0.1, 0.15) is 28.2 Å². The Balaban J connectivity index is 2.30. The zero-order chi connectivity index (χ0) is 40.2. The van der Waals surface area contributed by atoms with Gasteiger partial charge in [0.2, 0.25) is 11.8 Å². The molecule has 1 aromatic heterocycles. The molecule has 1 atom stereocenters. The number of aromatic nitrogens is 1. The molecule has 2 rings (SSSR count). The SMILES string of the molecule is [C-]#[N+]c1cccc(C[C@@](CCC(=O)OC(C)(C)C)(NC(=O)OC)C(=O)NCC(=O)NCc2ccnc(N(C(=O)OC(C)(C)C)C(=O)OC(C)(C)C)c2)c1. The Morgan fingerprint density at radius 2 is 1.42 bits per heavy atom. The number of hydrogen-bond acceptors (Lipinski definition) is 11. The van der Waals surface area contributed by atoms with E-state index in [2.05, 4.69) is 25.8 Å². The molecule has 53 heavy (non-hydrogen) atoms. The lowest BCUT2D eigenvalue weighted by Crippen LogP contribution is -2.61. The molecule has 0 spiro atoms. The molecule has 16 heteroatoms. The van der Waals surface area contributed by atoms with Gasteiger partial charge in [-0.15, -0.1) is 0 Å². The fourth-order valence-corrected chi connectivity index (χ4v) is 4.65. The molecule has 0 radical (unpaired) electrons. The molecule has 0 saturated heterocycles. The van der Waals surface area contributed by atoms with E-state index in [1.165, 1.54) is 12.3 Å². The maximum absolute atomic E-state index is 13.9. The minimum absolute atomic E-state index is 0.103. The van der Waals surface area contributed by atoms with E-state index in [0.717, 1.165) is 7.11 Å². The number of nitrogens with zero attached hydrogens (tertiary/aromatic N) is 3. The molecular weight excluding hydrogens is 688 g/mol. The number of alkyl carbamates (subject to hydrolysis) is 1. The third-order valence-corrected chi connectivity index (χ3v) is 6.77. The van der Waals surface area contributed by atoms with Crippen molar-refractivity contribution in [2.75, 3.05) is 18.6 Å². The van der Waals surface area contributed by atoms with E-state index in [1.54, 1.807) is 92.6 Å². The molecular formula is C37H50N6O10. The van der Waals surface area contributed by atoms with Crippen LogP contribution in [0.5, 0.6) is 0 Å². The first-order valence-corrected chi connectivity index (χ1v) is 16.8. The highest BCUT2D eigenvalue weighted by molar-refractivity contribution is 6.08. The molecule has 0 fully saturated rings. The van der Waals surface area contributed by atoms with Crippen molar-refractivity contribution in [1.82, 2.24) is 20.9 Å². The Bertz CT molecular complexity index is 1670. The summed E-state index contributed by atoms with van der Waals surface area (Å²) in [5, 5.41) is 7.74. The first-order valence-electron chi connectivity index (χ1n) is 16.8. The third kappa shape index (κ3) is 15.2. The van der Waals surface area contributed by atoms with Crippen molar-refractivity contribution in [3.05, 3.63) is 65.1 Å². The first kappa shape index (κ1) is 43.4. The van der Waals surface area contributed by atoms with Crippen LogP contribution in [0.1, 0.15) is 86.3 Å². The summed E-state index contributed by atoms with van der Waals surface area (Å²) in [7, 11) is 1.11. The van der Waals surface area contributed by atoms with Crippen molar-refractivity contribution >= 4 is 47.6 Å². The minimum atomic E-state index is -1.81. The number of rotatable bonds is 12. The lowest BCUT2D eigenvalue weighted by Gasteiger charge is -2.33. The number of benzene rings is 1. The third-order valence-electron chi connectivity index (χ3n) is 6.77. The van der Waals surface area contributed by atoms with Crippen molar-refractivity contribution in [3.63, 3.8) is 0 Å². The van der Waals surface area contributed by atoms with E-state index in [9.17, 15) is 28.8 Å². The average molecular weight is 739 g/mol. The van der Waals surface area contributed by atoms with Crippen LogP contribution < -0.4 is 20.9 Å². The molecule has 1 heterocycles. The van der Waals surface area contributed by atoms with Gasteiger partial charge in [0.05, 0.1) is 20.2 Å². The smallest absolute Gasteiger partial charge is 0.425 e. The fourth-order valence-electron chi connectivity index (χ4n) is 4.65. The summed E-state index contributed by atoms with van der Waals surface area (Å²) >= 11 is 0. The van der Waals surface area contributed by atoms with Gasteiger partial charge < -0.3 is 34.9 Å². The molecule has 0 bridgehead atoms. The predicted octanol–water partition coefficient (Wildman–Crippen LogP) is 5.50. The van der Waals surface area contributed by atoms with E-state index in [4.69, 9.17) is 25.5 Å². The van der Waals surface area contributed by atoms with Crippen LogP contribution in [0.2, 0.25) is 0 Å². The number of pyridine rings is 1. The predicted molar refractivity (Wildman–Crippen MR) is 194 cm³/mol. The van der Waals surface area contributed by atoms with Crippen LogP contribution in [-0.4, -0.2) is 77.0 Å². The molecule has 0 aliphatic carbocycles. The highest BCUT2D eigenvalue weighted by atomic mass is 16.6. The van der Waals surface area contributed by atoms with Gasteiger partial charge in [0.25, 0.3) is 0 Å². The van der Waals surface area contributed by atoms with Crippen molar-refractivity contribution in [1.29, 1.82) is 0 Å². The van der Waals surface area contributed by atoms with Crippen LogP contribution in [0.4, 0.5) is 25.9 Å². The normalized spacial score (nSPS) is 12.5.